The Labute approximate surface area is 140 Å². The first-order valence-corrected chi connectivity index (χ1v) is 7.62. The number of aryl methyl sites for hydroxylation is 1. The highest BCUT2D eigenvalue weighted by atomic mass is 16.5. The highest BCUT2D eigenvalue weighted by Crippen LogP contribution is 2.16. The minimum atomic E-state index is -1.15. The third kappa shape index (κ3) is 4.55. The molecule has 0 fully saturated rings. The van der Waals surface area contributed by atoms with Crippen molar-refractivity contribution in [2.75, 3.05) is 20.2 Å². The number of benzene rings is 1. The van der Waals surface area contributed by atoms with Crippen LogP contribution in [0.4, 0.5) is 0 Å². The van der Waals surface area contributed by atoms with Gasteiger partial charge in [-0.1, -0.05) is 18.2 Å². The number of carbonyl (C=O) groups is 2. The molecule has 2 rings (SSSR count). The number of carboxylic acid groups (broad SMARTS) is 1. The van der Waals surface area contributed by atoms with E-state index in [1.807, 2.05) is 31.2 Å². The van der Waals surface area contributed by atoms with Crippen molar-refractivity contribution in [1.29, 1.82) is 0 Å². The number of ether oxygens (including phenoxy) is 1. The van der Waals surface area contributed by atoms with Gasteiger partial charge in [0.1, 0.15) is 11.4 Å². The van der Waals surface area contributed by atoms with Gasteiger partial charge >= 0.3 is 5.97 Å². The summed E-state index contributed by atoms with van der Waals surface area (Å²) in [4.78, 5) is 28.5. The predicted octanol–water partition coefficient (Wildman–Crippen LogP) is 2.63. The summed E-state index contributed by atoms with van der Waals surface area (Å²) < 4.78 is 5.70. The number of hydrogen-bond donors (Lipinski definition) is 1. The molecule has 0 spiro atoms. The normalized spacial score (nSPS) is 10.2. The van der Waals surface area contributed by atoms with Gasteiger partial charge in [-0.3, -0.25) is 4.79 Å². The van der Waals surface area contributed by atoms with Gasteiger partial charge in [-0.25, -0.2) is 9.78 Å². The Morgan fingerprint density at radius 2 is 2.00 bits per heavy atom. The van der Waals surface area contributed by atoms with E-state index in [1.165, 1.54) is 18.3 Å². The first-order chi connectivity index (χ1) is 11.5. The molecule has 1 heterocycles. The molecule has 24 heavy (non-hydrogen) atoms. The number of nitrogens with zero attached hydrogens (tertiary/aromatic N) is 2. The summed E-state index contributed by atoms with van der Waals surface area (Å²) in [6.45, 7) is 2.99. The van der Waals surface area contributed by atoms with Crippen molar-refractivity contribution in [2.24, 2.45) is 0 Å². The minimum absolute atomic E-state index is 0.142. The summed E-state index contributed by atoms with van der Waals surface area (Å²) in [6, 6.07) is 10.6. The van der Waals surface area contributed by atoms with Gasteiger partial charge in [-0.15, -0.1) is 0 Å². The fourth-order valence-corrected chi connectivity index (χ4v) is 2.20. The van der Waals surface area contributed by atoms with E-state index in [0.29, 0.717) is 25.1 Å². The third-order valence-electron chi connectivity index (χ3n) is 3.56. The maximum atomic E-state index is 12.3. The molecule has 0 saturated carbocycles. The molecule has 0 unspecified atom stereocenters. The van der Waals surface area contributed by atoms with E-state index in [-0.39, 0.29) is 11.6 Å². The van der Waals surface area contributed by atoms with E-state index >= 15 is 0 Å². The molecule has 0 bridgehead atoms. The number of amides is 1. The van der Waals surface area contributed by atoms with Crippen LogP contribution in [0.3, 0.4) is 0 Å². The second kappa shape index (κ2) is 8.10. The van der Waals surface area contributed by atoms with Crippen LogP contribution in [0.5, 0.6) is 5.75 Å². The van der Waals surface area contributed by atoms with E-state index in [1.54, 1.807) is 11.9 Å². The fraction of sp³-hybridized carbons (Fsp3) is 0.278. The van der Waals surface area contributed by atoms with Crippen LogP contribution in [-0.2, 0) is 0 Å². The summed E-state index contributed by atoms with van der Waals surface area (Å²) in [7, 11) is 1.68. The van der Waals surface area contributed by atoms with Crippen molar-refractivity contribution in [3.63, 3.8) is 0 Å². The zero-order valence-corrected chi connectivity index (χ0v) is 13.7. The van der Waals surface area contributed by atoms with Crippen molar-refractivity contribution >= 4 is 11.9 Å². The maximum absolute atomic E-state index is 12.3. The Balaban J connectivity index is 1.85. The number of carboxylic acids is 1. The number of hydrogen-bond acceptors (Lipinski definition) is 4. The summed E-state index contributed by atoms with van der Waals surface area (Å²) >= 11 is 0. The van der Waals surface area contributed by atoms with Crippen molar-refractivity contribution in [2.45, 2.75) is 13.3 Å². The molecule has 0 radical (unpaired) electrons. The summed E-state index contributed by atoms with van der Waals surface area (Å²) in [5, 5.41) is 8.93. The average Bonchev–Trinajstić information content (AvgIpc) is 2.59. The third-order valence-corrected chi connectivity index (χ3v) is 3.56. The number of rotatable bonds is 7. The first-order valence-electron chi connectivity index (χ1n) is 7.62. The molecular weight excluding hydrogens is 308 g/mol. The van der Waals surface area contributed by atoms with Gasteiger partial charge in [0.15, 0.2) is 0 Å². The molecule has 6 nitrogen and oxygen atoms in total. The van der Waals surface area contributed by atoms with E-state index < -0.39 is 5.97 Å². The first kappa shape index (κ1) is 17.5. The van der Waals surface area contributed by atoms with Gasteiger partial charge in [0.2, 0.25) is 0 Å². The number of aromatic carboxylic acids is 1. The standard InChI is InChI=1S/C18H20N2O4/c1-13-6-3-4-7-16(13)24-11-5-10-20(2)17(21)14-8-9-19-15(12-14)18(22)23/h3-4,6-9,12H,5,10-11H2,1-2H3,(H,22,23). The van der Waals surface area contributed by atoms with Gasteiger partial charge in [0, 0.05) is 25.4 Å². The lowest BCUT2D eigenvalue weighted by Crippen LogP contribution is -2.29. The van der Waals surface area contributed by atoms with Crippen LogP contribution < -0.4 is 4.74 Å². The molecule has 6 heteroatoms. The number of pyridine rings is 1. The average molecular weight is 328 g/mol. The Morgan fingerprint density at radius 3 is 2.71 bits per heavy atom. The second-order valence-corrected chi connectivity index (χ2v) is 5.43. The highest BCUT2D eigenvalue weighted by molar-refractivity contribution is 5.96. The molecule has 1 N–H and O–H groups in total. The summed E-state index contributed by atoms with van der Waals surface area (Å²) in [6.07, 6.45) is 2.00. The lowest BCUT2D eigenvalue weighted by atomic mass is 10.2. The minimum Gasteiger partial charge on any atom is -0.493 e. The van der Waals surface area contributed by atoms with Gasteiger partial charge in [0.25, 0.3) is 5.91 Å². The fourth-order valence-electron chi connectivity index (χ4n) is 2.20. The molecule has 0 aliphatic carbocycles. The van der Waals surface area contributed by atoms with Crippen molar-refractivity contribution < 1.29 is 19.4 Å². The van der Waals surface area contributed by atoms with Gasteiger partial charge in [-0.2, -0.15) is 0 Å². The largest absolute Gasteiger partial charge is 0.493 e. The van der Waals surface area contributed by atoms with Gasteiger partial charge in [0.05, 0.1) is 6.61 Å². The molecule has 0 saturated heterocycles. The monoisotopic (exact) mass is 328 g/mol. The van der Waals surface area contributed by atoms with E-state index in [2.05, 4.69) is 4.98 Å². The zero-order valence-electron chi connectivity index (χ0n) is 13.7. The highest BCUT2D eigenvalue weighted by Gasteiger charge is 2.14. The maximum Gasteiger partial charge on any atom is 0.354 e. The Bertz CT molecular complexity index is 730. The lowest BCUT2D eigenvalue weighted by Gasteiger charge is -2.17. The SMILES string of the molecule is Cc1ccccc1OCCCN(C)C(=O)c1ccnc(C(=O)O)c1. The van der Waals surface area contributed by atoms with E-state index in [9.17, 15) is 9.59 Å². The predicted molar refractivity (Wildman–Crippen MR) is 89.4 cm³/mol. The van der Waals surface area contributed by atoms with Crippen molar-refractivity contribution in [3.05, 3.63) is 59.4 Å². The van der Waals surface area contributed by atoms with Crippen LogP contribution in [0.15, 0.2) is 42.6 Å². The Kier molecular flexibility index (Phi) is 5.89. The Morgan fingerprint density at radius 1 is 1.25 bits per heavy atom. The van der Waals surface area contributed by atoms with Crippen LogP contribution in [0.2, 0.25) is 0 Å². The van der Waals surface area contributed by atoms with Crippen LogP contribution in [-0.4, -0.2) is 47.1 Å². The van der Waals surface area contributed by atoms with Gasteiger partial charge in [-0.05, 0) is 37.1 Å². The molecule has 0 atom stereocenters. The molecule has 0 aliphatic heterocycles. The molecule has 126 valence electrons. The van der Waals surface area contributed by atoms with Crippen LogP contribution in [0.25, 0.3) is 0 Å². The van der Waals surface area contributed by atoms with Gasteiger partial charge < -0.3 is 14.7 Å². The number of carbonyl (C=O) groups excluding carboxylic acids is 1. The van der Waals surface area contributed by atoms with Crippen molar-refractivity contribution in [1.82, 2.24) is 9.88 Å². The molecule has 1 aromatic heterocycles. The lowest BCUT2D eigenvalue weighted by molar-refractivity contribution is 0.0690. The van der Waals surface area contributed by atoms with E-state index in [0.717, 1.165) is 11.3 Å². The molecule has 0 aliphatic rings. The molecule has 1 aromatic carbocycles. The van der Waals surface area contributed by atoms with Crippen LogP contribution in [0, 0.1) is 6.92 Å². The van der Waals surface area contributed by atoms with Crippen LogP contribution in [0.1, 0.15) is 32.8 Å². The number of para-hydroxylation sites is 1. The molecule has 2 aromatic rings. The smallest absolute Gasteiger partial charge is 0.354 e. The quantitative estimate of drug-likeness (QED) is 0.790. The molecular formula is C18H20N2O4. The Hall–Kier alpha value is -2.89. The summed E-state index contributed by atoms with van der Waals surface area (Å²) in [5.41, 5.74) is 1.24. The van der Waals surface area contributed by atoms with Crippen molar-refractivity contribution in [3.8, 4) is 5.75 Å². The number of aromatic nitrogens is 1. The van der Waals surface area contributed by atoms with E-state index in [4.69, 9.17) is 9.84 Å². The van der Waals surface area contributed by atoms with Crippen LogP contribution >= 0.6 is 0 Å². The second-order valence-electron chi connectivity index (χ2n) is 5.43. The zero-order chi connectivity index (χ0) is 17.5. The summed E-state index contributed by atoms with van der Waals surface area (Å²) in [5.74, 6) is -0.554. The molecule has 1 amide bonds. The topological polar surface area (TPSA) is 79.7 Å².